The highest BCUT2D eigenvalue weighted by molar-refractivity contribution is 6.36. The van der Waals surface area contributed by atoms with Gasteiger partial charge in [-0.15, -0.1) is 0 Å². The Hall–Kier alpha value is -2.31. The molecule has 2 amide bonds. The molecule has 1 aliphatic heterocycles. The second kappa shape index (κ2) is 6.30. The summed E-state index contributed by atoms with van der Waals surface area (Å²) in [6, 6.07) is 4.98. The van der Waals surface area contributed by atoms with E-state index in [1.807, 2.05) is 0 Å². The molecule has 0 fully saturated rings. The van der Waals surface area contributed by atoms with Gasteiger partial charge in [-0.05, 0) is 19.1 Å². The van der Waals surface area contributed by atoms with E-state index >= 15 is 0 Å². The lowest BCUT2D eigenvalue weighted by Gasteiger charge is -2.17. The Kier molecular flexibility index (Phi) is 4.34. The number of carboxylic acid groups (broad SMARTS) is 1. The summed E-state index contributed by atoms with van der Waals surface area (Å²) in [5.41, 5.74) is 3.49. The third kappa shape index (κ3) is 2.90. The number of carbonyl (C=O) groups is 2. The molecule has 3 rings (SSSR count). The summed E-state index contributed by atoms with van der Waals surface area (Å²) in [6.07, 6.45) is -1.16. The first kappa shape index (κ1) is 16.5. The molecule has 0 bridgehead atoms. The van der Waals surface area contributed by atoms with E-state index in [0.29, 0.717) is 50.2 Å². The van der Waals surface area contributed by atoms with Gasteiger partial charge in [0.25, 0.3) is 5.91 Å². The normalized spacial score (nSPS) is 12.7. The van der Waals surface area contributed by atoms with E-state index in [1.165, 1.54) is 0 Å². The SMILES string of the molecule is Cc1nc2c(c(-c3ccc(Cl)cc3Cl)c1CNC(=O)O)C(=O)NC2. The van der Waals surface area contributed by atoms with Gasteiger partial charge in [0, 0.05) is 39.0 Å². The summed E-state index contributed by atoms with van der Waals surface area (Å²) in [7, 11) is 0. The van der Waals surface area contributed by atoms with E-state index in [-0.39, 0.29) is 12.5 Å². The Morgan fingerprint density at radius 3 is 2.79 bits per heavy atom. The van der Waals surface area contributed by atoms with Crippen LogP contribution in [-0.4, -0.2) is 22.1 Å². The smallest absolute Gasteiger partial charge is 0.404 e. The highest BCUT2D eigenvalue weighted by Crippen LogP contribution is 2.38. The number of halogens is 2. The van der Waals surface area contributed by atoms with Crippen molar-refractivity contribution in [3.63, 3.8) is 0 Å². The van der Waals surface area contributed by atoms with Gasteiger partial charge in [0.1, 0.15) is 0 Å². The van der Waals surface area contributed by atoms with Gasteiger partial charge in [-0.3, -0.25) is 9.78 Å². The van der Waals surface area contributed by atoms with Crippen molar-refractivity contribution in [1.82, 2.24) is 15.6 Å². The first-order chi connectivity index (χ1) is 11.4. The van der Waals surface area contributed by atoms with E-state index in [2.05, 4.69) is 15.6 Å². The highest BCUT2D eigenvalue weighted by Gasteiger charge is 2.29. The standard InChI is InChI=1S/C16H13Cl2N3O3/c1-7-10(5-20-16(23)24)13(9-3-2-8(17)4-11(9)18)14-12(21-7)6-19-15(14)22/h2-4,20H,5-6H2,1H3,(H,19,22)(H,23,24). The van der Waals surface area contributed by atoms with Gasteiger partial charge in [0.05, 0.1) is 17.8 Å². The number of aromatic nitrogens is 1. The van der Waals surface area contributed by atoms with Crippen molar-refractivity contribution in [3.8, 4) is 11.1 Å². The lowest BCUT2D eigenvalue weighted by atomic mass is 9.93. The van der Waals surface area contributed by atoms with E-state index in [0.717, 1.165) is 0 Å². The van der Waals surface area contributed by atoms with Gasteiger partial charge in [0.15, 0.2) is 0 Å². The number of benzene rings is 1. The van der Waals surface area contributed by atoms with Gasteiger partial charge in [0.2, 0.25) is 0 Å². The van der Waals surface area contributed by atoms with Crippen LogP contribution >= 0.6 is 23.2 Å². The number of aryl methyl sites for hydroxylation is 1. The van der Waals surface area contributed by atoms with Crippen LogP contribution in [0, 0.1) is 6.92 Å². The van der Waals surface area contributed by atoms with Crippen LogP contribution in [0.4, 0.5) is 4.79 Å². The quantitative estimate of drug-likeness (QED) is 0.777. The molecule has 8 heteroatoms. The molecular weight excluding hydrogens is 353 g/mol. The second-order valence-corrected chi connectivity index (χ2v) is 6.18. The van der Waals surface area contributed by atoms with Crippen molar-refractivity contribution in [2.24, 2.45) is 0 Å². The number of hydrogen-bond acceptors (Lipinski definition) is 3. The molecule has 0 unspecified atom stereocenters. The van der Waals surface area contributed by atoms with Crippen LogP contribution in [0.5, 0.6) is 0 Å². The summed E-state index contributed by atoms with van der Waals surface area (Å²) in [5.74, 6) is -0.255. The molecule has 2 heterocycles. The minimum atomic E-state index is -1.16. The van der Waals surface area contributed by atoms with Crippen molar-refractivity contribution < 1.29 is 14.7 Å². The van der Waals surface area contributed by atoms with Crippen LogP contribution in [0.1, 0.15) is 27.3 Å². The van der Waals surface area contributed by atoms with Gasteiger partial charge >= 0.3 is 6.09 Å². The zero-order valence-corrected chi connectivity index (χ0v) is 14.1. The highest BCUT2D eigenvalue weighted by atomic mass is 35.5. The molecule has 0 saturated carbocycles. The number of pyridine rings is 1. The molecule has 0 spiro atoms. The molecule has 3 N–H and O–H groups in total. The molecule has 124 valence electrons. The maximum absolute atomic E-state index is 12.3. The predicted molar refractivity (Wildman–Crippen MR) is 90.5 cm³/mol. The summed E-state index contributed by atoms with van der Waals surface area (Å²) in [6.45, 7) is 2.12. The van der Waals surface area contributed by atoms with Gasteiger partial charge in [-0.1, -0.05) is 29.3 Å². The van der Waals surface area contributed by atoms with E-state index in [4.69, 9.17) is 28.3 Å². The Labute approximate surface area is 147 Å². The molecule has 2 aromatic rings. The second-order valence-electron chi connectivity index (χ2n) is 5.34. The molecule has 6 nitrogen and oxygen atoms in total. The minimum absolute atomic E-state index is 0.0169. The maximum atomic E-state index is 12.3. The lowest BCUT2D eigenvalue weighted by molar-refractivity contribution is 0.0966. The third-order valence-corrected chi connectivity index (χ3v) is 4.39. The molecule has 0 saturated heterocycles. The first-order valence-electron chi connectivity index (χ1n) is 7.11. The van der Waals surface area contributed by atoms with Crippen LogP contribution in [0.2, 0.25) is 10.0 Å². The molecule has 24 heavy (non-hydrogen) atoms. The first-order valence-corrected chi connectivity index (χ1v) is 7.87. The topological polar surface area (TPSA) is 91.3 Å². The number of carbonyl (C=O) groups excluding carboxylic acids is 1. The third-order valence-electron chi connectivity index (χ3n) is 3.84. The summed E-state index contributed by atoms with van der Waals surface area (Å²) in [4.78, 5) is 27.6. The van der Waals surface area contributed by atoms with Crippen molar-refractivity contribution in [2.45, 2.75) is 20.0 Å². The van der Waals surface area contributed by atoms with Crippen LogP contribution in [-0.2, 0) is 13.1 Å². The number of fused-ring (bicyclic) bond motifs is 1. The minimum Gasteiger partial charge on any atom is -0.465 e. The Balaban J connectivity index is 2.28. The Morgan fingerprint density at radius 1 is 1.38 bits per heavy atom. The Bertz CT molecular complexity index is 868. The fraction of sp³-hybridized carbons (Fsp3) is 0.188. The molecule has 1 aromatic heterocycles. The van der Waals surface area contributed by atoms with Gasteiger partial charge in [-0.2, -0.15) is 0 Å². The number of amides is 2. The number of nitrogens with one attached hydrogen (secondary N) is 2. The monoisotopic (exact) mass is 365 g/mol. The average Bonchev–Trinajstić information content (AvgIpc) is 2.86. The Morgan fingerprint density at radius 2 is 2.12 bits per heavy atom. The van der Waals surface area contributed by atoms with Crippen LogP contribution in [0.3, 0.4) is 0 Å². The largest absolute Gasteiger partial charge is 0.465 e. The van der Waals surface area contributed by atoms with E-state index in [9.17, 15) is 9.59 Å². The van der Waals surface area contributed by atoms with Crippen molar-refractivity contribution in [1.29, 1.82) is 0 Å². The molecular formula is C16H13Cl2N3O3. The maximum Gasteiger partial charge on any atom is 0.404 e. The fourth-order valence-corrected chi connectivity index (χ4v) is 3.30. The molecule has 1 aromatic carbocycles. The summed E-state index contributed by atoms with van der Waals surface area (Å²) < 4.78 is 0. The van der Waals surface area contributed by atoms with Crippen LogP contribution in [0.15, 0.2) is 18.2 Å². The van der Waals surface area contributed by atoms with Gasteiger partial charge < -0.3 is 15.7 Å². The predicted octanol–water partition coefficient (Wildman–Crippen LogP) is 3.37. The van der Waals surface area contributed by atoms with Gasteiger partial charge in [-0.25, -0.2) is 4.79 Å². The molecule has 1 aliphatic rings. The molecule has 0 radical (unpaired) electrons. The number of nitrogens with zero attached hydrogens (tertiary/aromatic N) is 1. The number of rotatable bonds is 3. The summed E-state index contributed by atoms with van der Waals surface area (Å²) in [5, 5.41) is 14.8. The zero-order valence-electron chi connectivity index (χ0n) is 12.6. The van der Waals surface area contributed by atoms with Crippen molar-refractivity contribution in [2.75, 3.05) is 0 Å². The average molecular weight is 366 g/mol. The summed E-state index contributed by atoms with van der Waals surface area (Å²) >= 11 is 12.3. The van der Waals surface area contributed by atoms with E-state index in [1.54, 1.807) is 25.1 Å². The molecule has 0 aliphatic carbocycles. The molecule has 0 atom stereocenters. The van der Waals surface area contributed by atoms with E-state index < -0.39 is 6.09 Å². The van der Waals surface area contributed by atoms with Crippen LogP contribution < -0.4 is 10.6 Å². The van der Waals surface area contributed by atoms with Crippen molar-refractivity contribution in [3.05, 3.63) is 50.8 Å². The lowest BCUT2D eigenvalue weighted by Crippen LogP contribution is -2.22. The van der Waals surface area contributed by atoms with Crippen LogP contribution in [0.25, 0.3) is 11.1 Å². The zero-order chi connectivity index (χ0) is 17.4. The van der Waals surface area contributed by atoms with Crippen molar-refractivity contribution >= 4 is 35.2 Å². The number of hydrogen-bond donors (Lipinski definition) is 3. The fourth-order valence-electron chi connectivity index (χ4n) is 2.80.